The van der Waals surface area contributed by atoms with Gasteiger partial charge in [0.2, 0.25) is 0 Å². The Morgan fingerprint density at radius 1 is 1.03 bits per heavy atom. The van der Waals surface area contributed by atoms with E-state index in [9.17, 15) is 18.8 Å². The second-order valence-electron chi connectivity index (χ2n) is 7.64. The highest BCUT2D eigenvalue weighted by Crippen LogP contribution is 2.22. The number of urea groups is 1. The van der Waals surface area contributed by atoms with Gasteiger partial charge in [-0.3, -0.25) is 14.5 Å². The van der Waals surface area contributed by atoms with Gasteiger partial charge in [0, 0.05) is 29.1 Å². The summed E-state index contributed by atoms with van der Waals surface area (Å²) in [5.41, 5.74) is 3.55. The Balaban J connectivity index is 1.52. The first-order chi connectivity index (χ1) is 14.8. The molecule has 2 aromatic carbocycles. The number of nitrogens with one attached hydrogen (secondary N) is 1. The Morgan fingerprint density at radius 3 is 2.39 bits per heavy atom. The fourth-order valence-electron chi connectivity index (χ4n) is 3.98. The van der Waals surface area contributed by atoms with Crippen molar-refractivity contribution in [2.45, 2.75) is 26.3 Å². The molecule has 1 fully saturated rings. The minimum Gasteiger partial charge on any atom is -0.325 e. The molecule has 0 radical (unpaired) electrons. The molecule has 158 valence electrons. The van der Waals surface area contributed by atoms with Gasteiger partial charge in [-0.2, -0.15) is 0 Å². The maximum atomic E-state index is 13.3. The van der Waals surface area contributed by atoms with Gasteiger partial charge < -0.3 is 9.88 Å². The van der Waals surface area contributed by atoms with E-state index in [1.165, 1.54) is 12.1 Å². The molecular weight excluding hydrogens is 397 g/mol. The molecule has 1 saturated heterocycles. The van der Waals surface area contributed by atoms with Crippen LogP contribution in [0.1, 0.15) is 27.3 Å². The number of hydrogen-bond acceptors (Lipinski definition) is 3. The van der Waals surface area contributed by atoms with Crippen molar-refractivity contribution < 1.29 is 18.8 Å². The molecular formula is C24H22FN3O3. The zero-order valence-corrected chi connectivity index (χ0v) is 17.3. The van der Waals surface area contributed by atoms with Crippen LogP contribution in [0.4, 0.5) is 9.18 Å². The van der Waals surface area contributed by atoms with Crippen LogP contribution in [0.3, 0.4) is 0 Å². The highest BCUT2D eigenvalue weighted by Gasteiger charge is 2.39. The van der Waals surface area contributed by atoms with Crippen LogP contribution in [-0.4, -0.2) is 39.8 Å². The van der Waals surface area contributed by atoms with Gasteiger partial charge in [0.15, 0.2) is 5.78 Å². The Morgan fingerprint density at radius 2 is 1.71 bits per heavy atom. The summed E-state index contributed by atoms with van der Waals surface area (Å²) in [4.78, 5) is 39.1. The third kappa shape index (κ3) is 3.99. The number of halogens is 1. The topological polar surface area (TPSA) is 71.4 Å². The van der Waals surface area contributed by atoms with Gasteiger partial charge in [-0.25, -0.2) is 9.18 Å². The van der Waals surface area contributed by atoms with Gasteiger partial charge in [-0.1, -0.05) is 30.3 Å². The molecule has 3 amide bonds. The van der Waals surface area contributed by atoms with E-state index < -0.39 is 18.0 Å². The number of amides is 3. The highest BCUT2D eigenvalue weighted by molar-refractivity contribution is 6.09. The number of imide groups is 1. The van der Waals surface area contributed by atoms with Crippen LogP contribution in [-0.2, 0) is 11.2 Å². The fraction of sp³-hybridized carbons (Fsp3) is 0.208. The zero-order chi connectivity index (χ0) is 22.1. The SMILES string of the molecule is Cc1cc(C(=O)CN2C(=O)N[C@@H](Cc3ccccc3)C2=O)c(C)n1-c1ccc(F)cc1. The molecule has 0 saturated carbocycles. The first-order valence-corrected chi connectivity index (χ1v) is 9.99. The van der Waals surface area contributed by atoms with Crippen LogP contribution < -0.4 is 5.32 Å². The van der Waals surface area contributed by atoms with E-state index in [2.05, 4.69) is 5.32 Å². The zero-order valence-electron chi connectivity index (χ0n) is 17.3. The summed E-state index contributed by atoms with van der Waals surface area (Å²) in [5.74, 6) is -1.08. The maximum absolute atomic E-state index is 13.3. The Kier molecular flexibility index (Phi) is 5.42. The quantitative estimate of drug-likeness (QED) is 0.490. The second kappa shape index (κ2) is 8.18. The molecule has 0 aliphatic carbocycles. The van der Waals surface area contributed by atoms with Crippen LogP contribution >= 0.6 is 0 Å². The number of hydrogen-bond donors (Lipinski definition) is 1. The molecule has 1 aromatic heterocycles. The first kappa shape index (κ1) is 20.5. The smallest absolute Gasteiger partial charge is 0.325 e. The van der Waals surface area contributed by atoms with Crippen LogP contribution in [0.2, 0.25) is 0 Å². The predicted octanol–water partition coefficient (Wildman–Crippen LogP) is 3.58. The number of carbonyl (C=O) groups excluding carboxylic acids is 3. The molecule has 7 heteroatoms. The lowest BCUT2D eigenvalue weighted by Crippen LogP contribution is -2.36. The van der Waals surface area contributed by atoms with Gasteiger partial charge in [0.25, 0.3) is 5.91 Å². The first-order valence-electron chi connectivity index (χ1n) is 9.99. The van der Waals surface area contributed by atoms with Crippen molar-refractivity contribution in [1.82, 2.24) is 14.8 Å². The Labute approximate surface area is 179 Å². The number of nitrogens with zero attached hydrogens (tertiary/aromatic N) is 2. The van der Waals surface area contributed by atoms with Gasteiger partial charge in [0.05, 0.1) is 6.54 Å². The number of aryl methyl sites for hydroxylation is 1. The summed E-state index contributed by atoms with van der Waals surface area (Å²) in [6, 6.07) is 15.8. The standard InChI is InChI=1S/C24H22FN3O3/c1-15-12-20(16(2)28(15)19-10-8-18(25)9-11-19)22(29)14-27-23(30)21(26-24(27)31)13-17-6-4-3-5-7-17/h3-12,21H,13-14H2,1-2H3,(H,26,31)/t21-/m0/s1. The molecule has 1 aliphatic rings. The van der Waals surface area contributed by atoms with Gasteiger partial charge in [-0.05, 0) is 49.7 Å². The molecule has 3 aromatic rings. The average Bonchev–Trinajstić information content (AvgIpc) is 3.19. The van der Waals surface area contributed by atoms with Crippen molar-refractivity contribution in [1.29, 1.82) is 0 Å². The number of benzene rings is 2. The molecule has 31 heavy (non-hydrogen) atoms. The molecule has 6 nitrogen and oxygen atoms in total. The van der Waals surface area contributed by atoms with E-state index in [1.54, 1.807) is 25.1 Å². The minimum absolute atomic E-state index is 0.328. The summed E-state index contributed by atoms with van der Waals surface area (Å²) in [6.45, 7) is 3.30. The van der Waals surface area contributed by atoms with Crippen molar-refractivity contribution >= 4 is 17.7 Å². The van der Waals surface area contributed by atoms with E-state index in [1.807, 2.05) is 41.8 Å². The lowest BCUT2D eigenvalue weighted by Gasteiger charge is -2.13. The molecule has 1 N–H and O–H groups in total. The van der Waals surface area contributed by atoms with Crippen LogP contribution in [0.15, 0.2) is 60.7 Å². The minimum atomic E-state index is -0.686. The normalized spacial score (nSPS) is 16.0. The number of ketones is 1. The van der Waals surface area contributed by atoms with E-state index in [0.29, 0.717) is 17.7 Å². The van der Waals surface area contributed by atoms with E-state index >= 15 is 0 Å². The summed E-state index contributed by atoms with van der Waals surface area (Å²) in [7, 11) is 0. The van der Waals surface area contributed by atoms with Crippen molar-refractivity contribution in [3.63, 3.8) is 0 Å². The number of rotatable bonds is 6. The molecule has 1 atom stereocenters. The van der Waals surface area contributed by atoms with Gasteiger partial charge in [-0.15, -0.1) is 0 Å². The Bertz CT molecular complexity index is 1150. The highest BCUT2D eigenvalue weighted by atomic mass is 19.1. The van der Waals surface area contributed by atoms with Gasteiger partial charge >= 0.3 is 6.03 Å². The van der Waals surface area contributed by atoms with Crippen LogP contribution in [0.5, 0.6) is 0 Å². The van der Waals surface area contributed by atoms with Crippen molar-refractivity contribution in [3.8, 4) is 5.69 Å². The second-order valence-corrected chi connectivity index (χ2v) is 7.64. The number of carbonyl (C=O) groups is 3. The lowest BCUT2D eigenvalue weighted by molar-refractivity contribution is -0.127. The summed E-state index contributed by atoms with van der Waals surface area (Å²) in [6.07, 6.45) is 0.370. The molecule has 0 unspecified atom stereocenters. The van der Waals surface area contributed by atoms with Crippen LogP contribution in [0.25, 0.3) is 5.69 Å². The van der Waals surface area contributed by atoms with E-state index in [0.717, 1.165) is 21.8 Å². The van der Waals surface area contributed by atoms with Crippen molar-refractivity contribution in [2.75, 3.05) is 6.54 Å². The number of aromatic nitrogens is 1. The van der Waals surface area contributed by atoms with E-state index in [4.69, 9.17) is 0 Å². The largest absolute Gasteiger partial charge is 0.325 e. The number of Topliss-reactive ketones (excluding diaryl/α,β-unsaturated/α-hetero) is 1. The third-order valence-corrected chi connectivity index (χ3v) is 5.51. The summed E-state index contributed by atoms with van der Waals surface area (Å²) >= 11 is 0. The average molecular weight is 419 g/mol. The van der Waals surface area contributed by atoms with Crippen LogP contribution in [0, 0.1) is 19.7 Å². The Hall–Kier alpha value is -3.74. The molecule has 0 bridgehead atoms. The third-order valence-electron chi connectivity index (χ3n) is 5.51. The lowest BCUT2D eigenvalue weighted by atomic mass is 10.1. The maximum Gasteiger partial charge on any atom is 0.325 e. The van der Waals surface area contributed by atoms with Gasteiger partial charge in [0.1, 0.15) is 11.9 Å². The van der Waals surface area contributed by atoms with Crippen molar-refractivity contribution in [2.24, 2.45) is 0 Å². The fourth-order valence-corrected chi connectivity index (χ4v) is 3.98. The monoisotopic (exact) mass is 419 g/mol. The predicted molar refractivity (Wildman–Crippen MR) is 114 cm³/mol. The molecule has 1 aliphatic heterocycles. The van der Waals surface area contributed by atoms with Crippen molar-refractivity contribution in [3.05, 3.63) is 89.0 Å². The summed E-state index contributed by atoms with van der Waals surface area (Å²) < 4.78 is 15.1. The summed E-state index contributed by atoms with van der Waals surface area (Å²) in [5, 5.41) is 2.67. The molecule has 4 rings (SSSR count). The molecule has 0 spiro atoms. The molecule has 2 heterocycles. The van der Waals surface area contributed by atoms with E-state index in [-0.39, 0.29) is 18.1 Å².